The predicted octanol–water partition coefficient (Wildman–Crippen LogP) is 5.22. The molecule has 0 saturated heterocycles. The third-order valence-corrected chi connectivity index (χ3v) is 6.07. The Kier molecular flexibility index (Phi) is 5.15. The van der Waals surface area contributed by atoms with E-state index < -0.39 is 0 Å². The highest BCUT2D eigenvalue weighted by molar-refractivity contribution is 7.22. The molecule has 148 valence electrons. The van der Waals surface area contributed by atoms with Gasteiger partial charge in [0.05, 0.1) is 15.7 Å². The molecule has 0 spiro atoms. The van der Waals surface area contributed by atoms with E-state index in [9.17, 15) is 9.59 Å². The van der Waals surface area contributed by atoms with Gasteiger partial charge < -0.3 is 9.88 Å². The van der Waals surface area contributed by atoms with E-state index in [-0.39, 0.29) is 17.9 Å². The summed E-state index contributed by atoms with van der Waals surface area (Å²) in [5.41, 5.74) is 4.72. The Morgan fingerprint density at radius 2 is 1.93 bits per heavy atom. The highest BCUT2D eigenvalue weighted by Gasteiger charge is 2.13. The molecule has 0 radical (unpaired) electrons. The average molecular weight is 426 g/mol. The molecule has 2 heterocycles. The van der Waals surface area contributed by atoms with Gasteiger partial charge in [-0.1, -0.05) is 34.6 Å². The normalized spacial score (nSPS) is 11.3. The monoisotopic (exact) mass is 425 g/mol. The highest BCUT2D eigenvalue weighted by Crippen LogP contribution is 2.28. The van der Waals surface area contributed by atoms with Gasteiger partial charge in [0.15, 0.2) is 5.13 Å². The third-order valence-electron chi connectivity index (χ3n) is 4.90. The summed E-state index contributed by atoms with van der Waals surface area (Å²) in [5, 5.41) is 5.04. The number of hydrogen-bond acceptors (Lipinski definition) is 4. The van der Waals surface area contributed by atoms with Crippen LogP contribution in [0.2, 0.25) is 5.02 Å². The molecule has 0 unspecified atom stereocenters. The zero-order valence-electron chi connectivity index (χ0n) is 16.4. The summed E-state index contributed by atoms with van der Waals surface area (Å²) in [7, 11) is 0. The molecule has 0 atom stereocenters. The molecule has 1 amide bonds. The molecule has 0 aliphatic carbocycles. The molecule has 0 saturated carbocycles. The number of thiazole rings is 1. The number of nitrogens with one attached hydrogen (secondary N) is 1. The first kappa shape index (κ1) is 19.6. The van der Waals surface area contributed by atoms with Crippen LogP contribution >= 0.6 is 22.9 Å². The molecule has 0 aliphatic heterocycles. The quantitative estimate of drug-likeness (QED) is 0.487. The fourth-order valence-electron chi connectivity index (χ4n) is 3.64. The Morgan fingerprint density at radius 3 is 2.72 bits per heavy atom. The van der Waals surface area contributed by atoms with Crippen molar-refractivity contribution < 1.29 is 4.79 Å². The molecule has 2 aromatic heterocycles. The lowest BCUT2D eigenvalue weighted by molar-refractivity contribution is -0.116. The van der Waals surface area contributed by atoms with E-state index in [1.54, 1.807) is 16.7 Å². The van der Waals surface area contributed by atoms with Crippen LogP contribution in [-0.2, 0) is 11.3 Å². The predicted molar refractivity (Wildman–Crippen MR) is 120 cm³/mol. The van der Waals surface area contributed by atoms with Crippen molar-refractivity contribution in [3.8, 4) is 0 Å². The minimum atomic E-state index is -0.180. The van der Waals surface area contributed by atoms with Crippen LogP contribution in [0.3, 0.4) is 0 Å². The van der Waals surface area contributed by atoms with Gasteiger partial charge in [0.2, 0.25) is 5.91 Å². The van der Waals surface area contributed by atoms with Gasteiger partial charge in [-0.3, -0.25) is 9.59 Å². The number of aromatic nitrogens is 2. The van der Waals surface area contributed by atoms with Crippen LogP contribution in [0.4, 0.5) is 5.13 Å². The van der Waals surface area contributed by atoms with E-state index in [2.05, 4.69) is 22.4 Å². The van der Waals surface area contributed by atoms with E-state index in [1.807, 2.05) is 32.9 Å². The number of amides is 1. The van der Waals surface area contributed by atoms with Crippen LogP contribution in [0, 0.1) is 20.8 Å². The molecule has 1 N–H and O–H groups in total. The van der Waals surface area contributed by atoms with Crippen molar-refractivity contribution in [3.63, 3.8) is 0 Å². The lowest BCUT2D eigenvalue weighted by atomic mass is 10.0. The zero-order chi connectivity index (χ0) is 20.7. The number of nitrogens with zero attached hydrogens (tertiary/aromatic N) is 2. The van der Waals surface area contributed by atoms with E-state index >= 15 is 0 Å². The first-order chi connectivity index (χ1) is 13.8. The molecule has 0 aliphatic rings. The first-order valence-corrected chi connectivity index (χ1v) is 10.5. The van der Waals surface area contributed by atoms with Gasteiger partial charge >= 0.3 is 0 Å². The van der Waals surface area contributed by atoms with Gasteiger partial charge in [0, 0.05) is 29.4 Å². The van der Waals surface area contributed by atoms with E-state index in [4.69, 9.17) is 11.6 Å². The Hall–Kier alpha value is -2.70. The van der Waals surface area contributed by atoms with Crippen molar-refractivity contribution in [3.05, 3.63) is 68.5 Å². The van der Waals surface area contributed by atoms with Gasteiger partial charge in [0.25, 0.3) is 5.56 Å². The van der Waals surface area contributed by atoms with Crippen LogP contribution in [0.1, 0.15) is 23.1 Å². The maximum atomic E-state index is 12.6. The summed E-state index contributed by atoms with van der Waals surface area (Å²) in [6.07, 6.45) is 0.183. The van der Waals surface area contributed by atoms with Gasteiger partial charge in [-0.2, -0.15) is 0 Å². The summed E-state index contributed by atoms with van der Waals surface area (Å²) in [4.78, 5) is 29.5. The van der Waals surface area contributed by atoms with Gasteiger partial charge in [-0.25, -0.2) is 4.98 Å². The fourth-order valence-corrected chi connectivity index (χ4v) is 4.80. The number of carbonyl (C=O) groups excluding carboxylic acids is 1. The van der Waals surface area contributed by atoms with Crippen LogP contribution < -0.4 is 10.9 Å². The number of anilines is 1. The van der Waals surface area contributed by atoms with Gasteiger partial charge in [-0.15, -0.1) is 0 Å². The summed E-state index contributed by atoms with van der Waals surface area (Å²) >= 11 is 7.38. The largest absolute Gasteiger partial charge is 0.307 e. The van der Waals surface area contributed by atoms with Crippen LogP contribution in [-0.4, -0.2) is 15.5 Å². The number of aryl methyl sites for hydroxylation is 4. The summed E-state index contributed by atoms with van der Waals surface area (Å²) in [6, 6.07) is 11.2. The molecule has 2 aromatic carbocycles. The van der Waals surface area contributed by atoms with E-state index in [1.165, 1.54) is 11.3 Å². The summed E-state index contributed by atoms with van der Waals surface area (Å²) < 4.78 is 2.61. The first-order valence-electron chi connectivity index (χ1n) is 9.29. The van der Waals surface area contributed by atoms with Crippen molar-refractivity contribution in [1.29, 1.82) is 0 Å². The summed E-state index contributed by atoms with van der Waals surface area (Å²) in [6.45, 7) is 6.29. The van der Waals surface area contributed by atoms with Crippen molar-refractivity contribution in [2.45, 2.75) is 33.7 Å². The second kappa shape index (κ2) is 7.61. The van der Waals surface area contributed by atoms with Crippen molar-refractivity contribution in [1.82, 2.24) is 9.55 Å². The maximum absolute atomic E-state index is 12.6. The number of fused-ring (bicyclic) bond motifs is 2. The van der Waals surface area contributed by atoms with Crippen molar-refractivity contribution >= 4 is 55.1 Å². The van der Waals surface area contributed by atoms with Crippen LogP contribution in [0.5, 0.6) is 0 Å². The fraction of sp³-hybridized carbons (Fsp3) is 0.227. The smallest absolute Gasteiger partial charge is 0.251 e. The Morgan fingerprint density at radius 1 is 1.14 bits per heavy atom. The summed E-state index contributed by atoms with van der Waals surface area (Å²) in [5.74, 6) is -0.180. The molecule has 29 heavy (non-hydrogen) atoms. The average Bonchev–Trinajstić information content (AvgIpc) is 3.03. The lowest BCUT2D eigenvalue weighted by Crippen LogP contribution is -2.24. The number of halogens is 1. The maximum Gasteiger partial charge on any atom is 0.251 e. The Balaban J connectivity index is 1.57. The zero-order valence-corrected chi connectivity index (χ0v) is 17.9. The van der Waals surface area contributed by atoms with Gasteiger partial charge in [-0.05, 0) is 56.2 Å². The van der Waals surface area contributed by atoms with Crippen LogP contribution in [0.25, 0.3) is 21.1 Å². The van der Waals surface area contributed by atoms with Gasteiger partial charge in [0.1, 0.15) is 0 Å². The third kappa shape index (κ3) is 3.91. The van der Waals surface area contributed by atoms with Crippen LogP contribution in [0.15, 0.2) is 41.2 Å². The minimum absolute atomic E-state index is 0.0932. The molecule has 0 bridgehead atoms. The number of hydrogen-bond donors (Lipinski definition) is 1. The molecule has 0 fully saturated rings. The number of rotatable bonds is 4. The number of carbonyl (C=O) groups is 1. The SMILES string of the molecule is Cc1cc(C)c2c(c1)c(C)cc(=O)n2CCC(=O)Nc1nc2ccc(Cl)cc2s1. The molecule has 4 rings (SSSR count). The molecular formula is C22H20ClN3O2S. The Bertz CT molecular complexity index is 1320. The Labute approximate surface area is 177 Å². The number of benzene rings is 2. The van der Waals surface area contributed by atoms with Crippen molar-refractivity contribution in [2.24, 2.45) is 0 Å². The van der Waals surface area contributed by atoms with E-state index in [0.29, 0.717) is 16.7 Å². The molecule has 5 nitrogen and oxygen atoms in total. The molecule has 7 heteroatoms. The minimum Gasteiger partial charge on any atom is -0.307 e. The number of pyridine rings is 1. The second-order valence-corrected chi connectivity index (χ2v) is 8.69. The standard InChI is InChI=1S/C22H20ClN3O2S/c1-12-8-14(3)21-16(9-12)13(2)10-20(28)26(21)7-6-19(27)25-22-24-17-5-4-15(23)11-18(17)29-22/h4-5,8-11H,6-7H2,1-3H3,(H,24,25,27). The lowest BCUT2D eigenvalue weighted by Gasteiger charge is -2.15. The highest BCUT2D eigenvalue weighted by atomic mass is 35.5. The van der Waals surface area contributed by atoms with Crippen molar-refractivity contribution in [2.75, 3.05) is 5.32 Å². The molecule has 4 aromatic rings. The second-order valence-electron chi connectivity index (χ2n) is 7.22. The topological polar surface area (TPSA) is 64.0 Å². The molecular weight excluding hydrogens is 406 g/mol. The van der Waals surface area contributed by atoms with E-state index in [0.717, 1.165) is 37.8 Å².